The first kappa shape index (κ1) is 14.9. The Kier molecular flexibility index (Phi) is 4.39. The topological polar surface area (TPSA) is 17.1 Å². The second-order valence-electron chi connectivity index (χ2n) is 5.89. The monoisotopic (exact) mass is 290 g/mol. The van der Waals surface area contributed by atoms with Crippen LogP contribution in [-0.4, -0.2) is 4.21 Å². The minimum absolute atomic E-state index is 0.120. The van der Waals surface area contributed by atoms with E-state index in [2.05, 4.69) is 32.9 Å². The quantitative estimate of drug-likeness (QED) is 0.817. The number of hydrogen-bond acceptors (Lipinski definition) is 1. The molecule has 0 saturated carbocycles. The van der Waals surface area contributed by atoms with Gasteiger partial charge in [-0.05, 0) is 40.8 Å². The highest BCUT2D eigenvalue weighted by atomic mass is 32.2. The third-order valence-electron chi connectivity index (χ3n) is 3.19. The van der Waals surface area contributed by atoms with Gasteiger partial charge < -0.3 is 0 Å². The van der Waals surface area contributed by atoms with Gasteiger partial charge in [-0.15, -0.1) is 0 Å². The van der Waals surface area contributed by atoms with Crippen LogP contribution in [0.15, 0.2) is 53.4 Å². The van der Waals surface area contributed by atoms with Crippen LogP contribution in [0.1, 0.15) is 31.9 Å². The van der Waals surface area contributed by atoms with Crippen molar-refractivity contribution in [3.8, 4) is 0 Å². The molecule has 0 fully saturated rings. The molecule has 0 aromatic heterocycles. The van der Waals surface area contributed by atoms with Gasteiger partial charge in [0, 0.05) is 4.90 Å². The molecule has 20 heavy (non-hydrogen) atoms. The molecule has 1 unspecified atom stereocenters. The van der Waals surface area contributed by atoms with Crippen molar-refractivity contribution in [2.24, 2.45) is 0 Å². The Morgan fingerprint density at radius 3 is 2.00 bits per heavy atom. The first-order valence-corrected chi connectivity index (χ1v) is 7.91. The Morgan fingerprint density at radius 2 is 1.50 bits per heavy atom. The van der Waals surface area contributed by atoms with E-state index in [9.17, 15) is 8.60 Å². The molecule has 2 rings (SSSR count). The Labute approximate surface area is 122 Å². The van der Waals surface area contributed by atoms with E-state index in [-0.39, 0.29) is 11.2 Å². The highest BCUT2D eigenvalue weighted by Crippen LogP contribution is 2.23. The van der Waals surface area contributed by atoms with Crippen LogP contribution >= 0.6 is 0 Å². The fraction of sp³-hybridized carbons (Fsp3) is 0.294. The van der Waals surface area contributed by atoms with E-state index in [1.54, 1.807) is 12.1 Å². The van der Waals surface area contributed by atoms with E-state index in [1.807, 2.05) is 12.1 Å². The summed E-state index contributed by atoms with van der Waals surface area (Å²) in [4.78, 5) is 0.659. The molecular formula is C17H19FOS. The summed E-state index contributed by atoms with van der Waals surface area (Å²) < 4.78 is 25.0. The maximum absolute atomic E-state index is 12.8. The maximum Gasteiger partial charge on any atom is 0.123 e. The van der Waals surface area contributed by atoms with E-state index >= 15 is 0 Å². The SMILES string of the molecule is CC(C)(C)c1ccc(CS(=O)c2ccc(F)cc2)cc1. The van der Waals surface area contributed by atoms with Crippen LogP contribution in [0.5, 0.6) is 0 Å². The van der Waals surface area contributed by atoms with Gasteiger partial charge in [-0.1, -0.05) is 45.0 Å². The molecule has 1 nitrogen and oxygen atoms in total. The molecule has 0 heterocycles. The van der Waals surface area contributed by atoms with Crippen LogP contribution in [0.4, 0.5) is 4.39 Å². The summed E-state index contributed by atoms with van der Waals surface area (Å²) >= 11 is 0. The van der Waals surface area contributed by atoms with Crippen molar-refractivity contribution < 1.29 is 8.60 Å². The summed E-state index contributed by atoms with van der Waals surface area (Å²) in [7, 11) is -1.14. The van der Waals surface area contributed by atoms with Crippen LogP contribution in [0.2, 0.25) is 0 Å². The lowest BCUT2D eigenvalue weighted by molar-refractivity contribution is 0.590. The average Bonchev–Trinajstić information content (AvgIpc) is 2.39. The van der Waals surface area contributed by atoms with Gasteiger partial charge in [0.2, 0.25) is 0 Å². The van der Waals surface area contributed by atoms with Gasteiger partial charge in [-0.2, -0.15) is 0 Å². The highest BCUT2D eigenvalue weighted by molar-refractivity contribution is 7.84. The standard InChI is InChI=1S/C17H19FOS/c1-17(2,3)14-6-4-13(5-7-14)12-20(19)16-10-8-15(18)9-11-16/h4-11H,12H2,1-3H3. The smallest absolute Gasteiger partial charge is 0.123 e. The first-order chi connectivity index (χ1) is 9.36. The van der Waals surface area contributed by atoms with Crippen LogP contribution in [-0.2, 0) is 22.0 Å². The average molecular weight is 290 g/mol. The molecule has 3 heteroatoms. The molecule has 0 bridgehead atoms. The molecule has 1 atom stereocenters. The fourth-order valence-corrected chi connectivity index (χ4v) is 3.02. The summed E-state index contributed by atoms with van der Waals surface area (Å²) in [5, 5.41) is 0. The summed E-state index contributed by atoms with van der Waals surface area (Å²) in [6.07, 6.45) is 0. The van der Waals surface area contributed by atoms with Crippen molar-refractivity contribution >= 4 is 10.8 Å². The van der Waals surface area contributed by atoms with Gasteiger partial charge in [0.25, 0.3) is 0 Å². The van der Waals surface area contributed by atoms with E-state index in [0.717, 1.165) is 5.56 Å². The minimum Gasteiger partial charge on any atom is -0.254 e. The summed E-state index contributed by atoms with van der Waals surface area (Å²) in [5.41, 5.74) is 2.41. The normalized spacial score (nSPS) is 13.2. The molecular weight excluding hydrogens is 271 g/mol. The zero-order valence-corrected chi connectivity index (χ0v) is 12.8. The van der Waals surface area contributed by atoms with Gasteiger partial charge in [-0.3, -0.25) is 4.21 Å². The maximum atomic E-state index is 12.8. The summed E-state index contributed by atoms with van der Waals surface area (Å²) in [6, 6.07) is 14.0. The third-order valence-corrected chi connectivity index (χ3v) is 4.59. The molecule has 0 amide bonds. The lowest BCUT2D eigenvalue weighted by atomic mass is 9.87. The number of rotatable bonds is 3. The molecule has 2 aromatic rings. The van der Waals surface area contributed by atoms with Gasteiger partial charge in [0.1, 0.15) is 5.82 Å². The molecule has 0 spiro atoms. The molecule has 0 radical (unpaired) electrons. The van der Waals surface area contributed by atoms with E-state index in [4.69, 9.17) is 0 Å². The number of benzene rings is 2. The van der Waals surface area contributed by atoms with Gasteiger partial charge in [-0.25, -0.2) is 4.39 Å². The second kappa shape index (κ2) is 5.88. The zero-order chi connectivity index (χ0) is 14.8. The molecule has 106 valence electrons. The molecule has 0 saturated heterocycles. The van der Waals surface area contributed by atoms with Crippen molar-refractivity contribution in [3.63, 3.8) is 0 Å². The predicted octanol–water partition coefficient (Wildman–Crippen LogP) is 4.43. The Hall–Kier alpha value is -1.48. The Bertz CT molecular complexity index is 594. The third kappa shape index (κ3) is 3.76. The summed E-state index contributed by atoms with van der Waals surface area (Å²) in [5.74, 6) is 0.149. The van der Waals surface area contributed by atoms with Crippen LogP contribution in [0, 0.1) is 5.82 Å². The lowest BCUT2D eigenvalue weighted by Gasteiger charge is -2.19. The van der Waals surface area contributed by atoms with Crippen molar-refractivity contribution in [1.82, 2.24) is 0 Å². The van der Waals surface area contributed by atoms with Crippen molar-refractivity contribution in [2.45, 2.75) is 36.8 Å². The van der Waals surface area contributed by atoms with Crippen molar-refractivity contribution in [3.05, 3.63) is 65.5 Å². The van der Waals surface area contributed by atoms with Gasteiger partial charge >= 0.3 is 0 Å². The predicted molar refractivity (Wildman–Crippen MR) is 81.7 cm³/mol. The van der Waals surface area contributed by atoms with Crippen LogP contribution in [0.25, 0.3) is 0 Å². The van der Waals surface area contributed by atoms with Crippen LogP contribution in [0.3, 0.4) is 0 Å². The Balaban J connectivity index is 2.10. The van der Waals surface area contributed by atoms with E-state index in [0.29, 0.717) is 10.6 Å². The van der Waals surface area contributed by atoms with Crippen molar-refractivity contribution in [1.29, 1.82) is 0 Å². The molecule has 0 aliphatic carbocycles. The van der Waals surface area contributed by atoms with E-state index in [1.165, 1.54) is 17.7 Å². The highest BCUT2D eigenvalue weighted by Gasteiger charge is 2.13. The molecule has 2 aromatic carbocycles. The fourth-order valence-electron chi connectivity index (χ4n) is 1.92. The number of halogens is 1. The molecule has 0 N–H and O–H groups in total. The minimum atomic E-state index is -1.14. The molecule has 0 aliphatic rings. The Morgan fingerprint density at radius 1 is 0.950 bits per heavy atom. The second-order valence-corrected chi connectivity index (χ2v) is 7.34. The number of hydrogen-bond donors (Lipinski definition) is 0. The van der Waals surface area contributed by atoms with Gasteiger partial charge in [0.05, 0.1) is 16.6 Å². The summed E-state index contributed by atoms with van der Waals surface area (Å²) in [6.45, 7) is 6.50. The van der Waals surface area contributed by atoms with Crippen molar-refractivity contribution in [2.75, 3.05) is 0 Å². The first-order valence-electron chi connectivity index (χ1n) is 6.59. The van der Waals surface area contributed by atoms with Gasteiger partial charge in [0.15, 0.2) is 0 Å². The van der Waals surface area contributed by atoms with Crippen LogP contribution < -0.4 is 0 Å². The largest absolute Gasteiger partial charge is 0.254 e. The lowest BCUT2D eigenvalue weighted by Crippen LogP contribution is -2.10. The molecule has 0 aliphatic heterocycles. The zero-order valence-electron chi connectivity index (χ0n) is 12.0. The van der Waals surface area contributed by atoms with E-state index < -0.39 is 10.8 Å².